The van der Waals surface area contributed by atoms with Crippen molar-refractivity contribution in [3.63, 3.8) is 0 Å². The molecule has 1 N–H and O–H groups in total. The molecule has 0 saturated carbocycles. The Balaban J connectivity index is 2.28. The summed E-state index contributed by atoms with van der Waals surface area (Å²) in [6.45, 7) is 0. The highest BCUT2D eigenvalue weighted by Gasteiger charge is 2.23. The maximum atomic E-state index is 12.5. The largest absolute Gasteiger partial charge is 0.548 e. The van der Waals surface area contributed by atoms with Gasteiger partial charge in [0.05, 0.1) is 16.9 Å². The third-order valence-electron chi connectivity index (χ3n) is 3.05. The second kappa shape index (κ2) is 7.57. The first-order valence-corrected chi connectivity index (χ1v) is 9.58. The summed E-state index contributed by atoms with van der Waals surface area (Å²) in [5.74, 6) is -1.48. The molecule has 0 saturated heterocycles. The van der Waals surface area contributed by atoms with E-state index in [1.807, 2.05) is 0 Å². The molecule has 0 bridgehead atoms. The molecule has 1 atom stereocenters. The lowest BCUT2D eigenvalue weighted by atomic mass is 10.1. The smallest absolute Gasteiger partial charge is 0.242 e. The average Bonchev–Trinajstić information content (AvgIpc) is 2.49. The van der Waals surface area contributed by atoms with Crippen LogP contribution in [0.1, 0.15) is 5.56 Å². The molecule has 0 radical (unpaired) electrons. The van der Waals surface area contributed by atoms with Crippen LogP contribution in [0.3, 0.4) is 0 Å². The van der Waals surface area contributed by atoms with Gasteiger partial charge in [-0.3, -0.25) is 0 Å². The minimum Gasteiger partial charge on any atom is -0.548 e. The molecular formula is C15H12Br2NO4S-. The molecule has 0 aliphatic carbocycles. The number of carboxylic acids is 1. The number of rotatable bonds is 6. The highest BCUT2D eigenvalue weighted by Crippen LogP contribution is 2.25. The Kier molecular flexibility index (Phi) is 5.96. The molecule has 2 aromatic rings. The van der Waals surface area contributed by atoms with Crippen molar-refractivity contribution in [2.24, 2.45) is 0 Å². The minimum atomic E-state index is -4.03. The Morgan fingerprint density at radius 3 is 2.39 bits per heavy atom. The Morgan fingerprint density at radius 1 is 1.13 bits per heavy atom. The van der Waals surface area contributed by atoms with Crippen LogP contribution in [-0.2, 0) is 21.2 Å². The molecule has 122 valence electrons. The zero-order chi connectivity index (χ0) is 17.0. The van der Waals surface area contributed by atoms with Gasteiger partial charge >= 0.3 is 0 Å². The van der Waals surface area contributed by atoms with Crippen LogP contribution in [0.4, 0.5) is 0 Å². The second-order valence-corrected chi connectivity index (χ2v) is 8.21. The van der Waals surface area contributed by atoms with Crippen molar-refractivity contribution in [1.29, 1.82) is 0 Å². The number of carbonyl (C=O) groups excluding carboxylic acids is 1. The van der Waals surface area contributed by atoms with Crippen molar-refractivity contribution < 1.29 is 18.3 Å². The predicted octanol–water partition coefficient (Wildman–Crippen LogP) is 1.85. The van der Waals surface area contributed by atoms with Gasteiger partial charge in [-0.2, -0.15) is 0 Å². The number of hydrogen-bond acceptors (Lipinski definition) is 4. The van der Waals surface area contributed by atoms with E-state index in [1.54, 1.807) is 42.5 Å². The normalized spacial score (nSPS) is 12.8. The second-order valence-electron chi connectivity index (χ2n) is 4.76. The summed E-state index contributed by atoms with van der Waals surface area (Å²) in [5.41, 5.74) is 0.692. The Labute approximate surface area is 151 Å². The summed E-state index contributed by atoms with van der Waals surface area (Å²) in [6.07, 6.45) is -0.00593. The van der Waals surface area contributed by atoms with Crippen LogP contribution in [0.5, 0.6) is 0 Å². The average molecular weight is 462 g/mol. The molecule has 2 rings (SSSR count). The summed E-state index contributed by atoms with van der Waals surface area (Å²) >= 11 is 6.35. The summed E-state index contributed by atoms with van der Waals surface area (Å²) in [6, 6.07) is 12.0. The topological polar surface area (TPSA) is 86.3 Å². The Morgan fingerprint density at radius 2 is 1.78 bits per heavy atom. The van der Waals surface area contributed by atoms with E-state index < -0.39 is 22.0 Å². The molecule has 0 amide bonds. The molecule has 2 aromatic carbocycles. The first-order chi connectivity index (χ1) is 10.8. The van der Waals surface area contributed by atoms with E-state index in [2.05, 4.69) is 36.6 Å². The van der Waals surface area contributed by atoms with Gasteiger partial charge in [0.25, 0.3) is 0 Å². The van der Waals surface area contributed by atoms with Gasteiger partial charge in [-0.15, -0.1) is 0 Å². The maximum absolute atomic E-state index is 12.5. The molecule has 23 heavy (non-hydrogen) atoms. The molecular weight excluding hydrogens is 450 g/mol. The number of sulfonamides is 1. The van der Waals surface area contributed by atoms with Gasteiger partial charge in [0.2, 0.25) is 10.0 Å². The van der Waals surface area contributed by atoms with E-state index in [0.29, 0.717) is 14.5 Å². The molecule has 0 spiro atoms. The third kappa shape index (κ3) is 4.87. The zero-order valence-corrected chi connectivity index (χ0v) is 15.7. The van der Waals surface area contributed by atoms with Crippen molar-refractivity contribution in [3.05, 3.63) is 63.0 Å². The number of halogens is 2. The van der Waals surface area contributed by atoms with Crippen LogP contribution in [0, 0.1) is 0 Å². The van der Waals surface area contributed by atoms with E-state index in [0.717, 1.165) is 0 Å². The van der Waals surface area contributed by atoms with Crippen LogP contribution in [-0.4, -0.2) is 20.4 Å². The standard InChI is InChI=1S/C15H13Br2NO4S/c16-11-6-7-12(17)14(9-11)23(21,22)18-13(15(19)20)8-10-4-2-1-3-5-10/h1-7,9,13,18H,8H2,(H,19,20)/p-1/t13-/m0/s1. The van der Waals surface area contributed by atoms with E-state index in [-0.39, 0.29) is 11.3 Å². The number of carboxylic acid groups (broad SMARTS) is 1. The number of hydrogen-bond donors (Lipinski definition) is 1. The highest BCUT2D eigenvalue weighted by atomic mass is 79.9. The summed E-state index contributed by atoms with van der Waals surface area (Å²) in [5, 5.41) is 11.3. The SMILES string of the molecule is O=C([O-])[C@H](Cc1ccccc1)NS(=O)(=O)c1cc(Br)ccc1Br. The van der Waals surface area contributed by atoms with E-state index >= 15 is 0 Å². The lowest BCUT2D eigenvalue weighted by Crippen LogP contribution is -2.49. The van der Waals surface area contributed by atoms with E-state index in [1.165, 1.54) is 6.07 Å². The molecule has 0 aliphatic rings. The monoisotopic (exact) mass is 460 g/mol. The maximum Gasteiger partial charge on any atom is 0.242 e. The first-order valence-electron chi connectivity index (χ1n) is 6.52. The summed E-state index contributed by atoms with van der Waals surface area (Å²) in [4.78, 5) is 11.3. The Hall–Kier alpha value is -1.22. The molecule has 0 aliphatic heterocycles. The van der Waals surface area contributed by atoms with Gasteiger partial charge in [-0.1, -0.05) is 46.3 Å². The van der Waals surface area contributed by atoms with E-state index in [9.17, 15) is 18.3 Å². The lowest BCUT2D eigenvalue weighted by Gasteiger charge is -2.20. The van der Waals surface area contributed by atoms with Crippen LogP contribution in [0.25, 0.3) is 0 Å². The van der Waals surface area contributed by atoms with Crippen molar-refractivity contribution in [2.45, 2.75) is 17.4 Å². The molecule has 0 heterocycles. The quantitative estimate of drug-likeness (QED) is 0.711. The third-order valence-corrected chi connectivity index (χ3v) is 6.01. The fourth-order valence-electron chi connectivity index (χ4n) is 1.96. The summed E-state index contributed by atoms with van der Waals surface area (Å²) < 4.78 is 28.0. The number of nitrogens with one attached hydrogen (secondary N) is 1. The van der Waals surface area contributed by atoms with Crippen LogP contribution >= 0.6 is 31.9 Å². The molecule has 8 heteroatoms. The summed E-state index contributed by atoms with van der Waals surface area (Å²) in [7, 11) is -4.03. The molecule has 0 aromatic heterocycles. The van der Waals surface area contributed by atoms with Crippen LogP contribution in [0.2, 0.25) is 0 Å². The number of carbonyl (C=O) groups is 1. The number of aliphatic carboxylic acids is 1. The van der Waals surface area contributed by atoms with Crippen molar-refractivity contribution in [2.75, 3.05) is 0 Å². The van der Waals surface area contributed by atoms with Gasteiger partial charge in [0.15, 0.2) is 0 Å². The molecule has 0 fully saturated rings. The van der Waals surface area contributed by atoms with Gasteiger partial charge < -0.3 is 9.90 Å². The van der Waals surface area contributed by atoms with E-state index in [4.69, 9.17) is 0 Å². The minimum absolute atomic E-state index is 0.00593. The Bertz CT molecular complexity index is 809. The van der Waals surface area contributed by atoms with Crippen molar-refractivity contribution in [1.82, 2.24) is 4.72 Å². The molecule has 0 unspecified atom stereocenters. The van der Waals surface area contributed by atoms with Gasteiger partial charge in [0, 0.05) is 8.95 Å². The van der Waals surface area contributed by atoms with Crippen LogP contribution in [0.15, 0.2) is 62.4 Å². The first kappa shape index (κ1) is 18.1. The highest BCUT2D eigenvalue weighted by molar-refractivity contribution is 9.11. The lowest BCUT2D eigenvalue weighted by molar-refractivity contribution is -0.307. The van der Waals surface area contributed by atoms with Crippen LogP contribution < -0.4 is 9.83 Å². The van der Waals surface area contributed by atoms with Crippen molar-refractivity contribution in [3.8, 4) is 0 Å². The fourth-order valence-corrected chi connectivity index (χ4v) is 4.64. The van der Waals surface area contributed by atoms with Crippen molar-refractivity contribution >= 4 is 47.9 Å². The molecule has 5 nitrogen and oxygen atoms in total. The predicted molar refractivity (Wildman–Crippen MR) is 91.1 cm³/mol. The number of benzene rings is 2. The fraction of sp³-hybridized carbons (Fsp3) is 0.133. The zero-order valence-electron chi connectivity index (χ0n) is 11.7. The van der Waals surface area contributed by atoms with Gasteiger partial charge in [-0.25, -0.2) is 13.1 Å². The van der Waals surface area contributed by atoms with Gasteiger partial charge in [-0.05, 0) is 46.1 Å². The van der Waals surface area contributed by atoms with Gasteiger partial charge in [0.1, 0.15) is 0 Å².